The van der Waals surface area contributed by atoms with Crippen LogP contribution in [0.25, 0.3) is 0 Å². The number of carbonyl (C=O) groups excluding carboxylic acids is 2. The summed E-state index contributed by atoms with van der Waals surface area (Å²) in [5.41, 5.74) is 0. The first-order valence-electron chi connectivity index (χ1n) is 8.39. The number of halogens is 6. The minimum absolute atomic E-state index is 0.140. The van der Waals surface area contributed by atoms with Crippen molar-refractivity contribution in [2.24, 2.45) is 0 Å². The Morgan fingerprint density at radius 3 is 2.30 bits per heavy atom. The van der Waals surface area contributed by atoms with Gasteiger partial charge in [0.1, 0.15) is 5.76 Å². The molecule has 11 heteroatoms. The largest absolute Gasteiger partial charge is 0.499 e. The minimum atomic E-state index is -1.51. The number of rotatable bonds is 9. The smallest absolute Gasteiger partial charge is 0.257 e. The van der Waals surface area contributed by atoms with Crippen LogP contribution in [0.5, 0.6) is 0 Å². The molecule has 2 atom stereocenters. The van der Waals surface area contributed by atoms with Gasteiger partial charge in [0.25, 0.3) is 5.91 Å². The van der Waals surface area contributed by atoms with Gasteiger partial charge in [-0.1, -0.05) is 76.5 Å². The Labute approximate surface area is 189 Å². The van der Waals surface area contributed by atoms with Crippen molar-refractivity contribution in [3.8, 4) is 0 Å². The highest BCUT2D eigenvalue weighted by Gasteiger charge is 2.42. The average molecular weight is 503 g/mol. The van der Waals surface area contributed by atoms with E-state index in [0.29, 0.717) is 12.3 Å². The molecule has 1 aliphatic heterocycles. The molecular formula is C16H22Cl6N2O3. The average Bonchev–Trinajstić information content (AvgIpc) is 2.86. The van der Waals surface area contributed by atoms with Crippen molar-refractivity contribution in [3.63, 3.8) is 0 Å². The van der Waals surface area contributed by atoms with Crippen molar-refractivity contribution < 1.29 is 14.3 Å². The fourth-order valence-corrected chi connectivity index (χ4v) is 3.36. The summed E-state index contributed by atoms with van der Waals surface area (Å²) in [5, 5.41) is 3.10. The number of ether oxygens (including phenoxy) is 1. The van der Waals surface area contributed by atoms with Gasteiger partial charge in [-0.05, 0) is 38.6 Å². The van der Waals surface area contributed by atoms with E-state index in [0.717, 1.165) is 11.3 Å². The fourth-order valence-electron chi connectivity index (χ4n) is 2.70. The first-order chi connectivity index (χ1) is 12.4. The fraction of sp³-hybridized carbons (Fsp3) is 0.750. The van der Waals surface area contributed by atoms with Crippen LogP contribution in [-0.2, 0) is 14.3 Å². The number of imide groups is 1. The highest BCUT2D eigenvalue weighted by molar-refractivity contribution is 6.67. The van der Waals surface area contributed by atoms with E-state index in [1.165, 1.54) is 13.2 Å². The van der Waals surface area contributed by atoms with Crippen molar-refractivity contribution in [1.82, 2.24) is 10.2 Å². The third kappa shape index (κ3) is 8.73. The van der Waals surface area contributed by atoms with Gasteiger partial charge in [-0.15, -0.1) is 0 Å². The molecule has 0 fully saturated rings. The lowest BCUT2D eigenvalue weighted by Gasteiger charge is -2.30. The number of amides is 2. The summed E-state index contributed by atoms with van der Waals surface area (Å²) in [7, 11) is 1.42. The topological polar surface area (TPSA) is 58.6 Å². The lowest BCUT2D eigenvalue weighted by molar-refractivity contribution is -0.144. The Morgan fingerprint density at radius 2 is 1.81 bits per heavy atom. The van der Waals surface area contributed by atoms with Crippen LogP contribution < -0.4 is 5.32 Å². The molecular weight excluding hydrogens is 481 g/mol. The molecule has 5 nitrogen and oxygen atoms in total. The standard InChI is InChI=1S/C16H22Cl6N2O3/c1-3-8-23-10(4-6-15(17,18)19)14(26)24-11(5-7-16(20,21)22)12(27-2)9-13(24)25/h9-11,23H,3-8H2,1-2H3. The van der Waals surface area contributed by atoms with E-state index in [9.17, 15) is 9.59 Å². The number of nitrogens with zero attached hydrogens (tertiary/aromatic N) is 1. The maximum absolute atomic E-state index is 13.1. The second-order valence-electron chi connectivity index (χ2n) is 6.13. The highest BCUT2D eigenvalue weighted by atomic mass is 35.6. The maximum Gasteiger partial charge on any atom is 0.257 e. The Morgan fingerprint density at radius 1 is 1.22 bits per heavy atom. The van der Waals surface area contributed by atoms with Crippen molar-refractivity contribution >= 4 is 81.4 Å². The summed E-state index contributed by atoms with van der Waals surface area (Å²) in [5.74, 6) is -0.568. The summed E-state index contributed by atoms with van der Waals surface area (Å²) in [6, 6.07) is -1.34. The number of hydrogen-bond acceptors (Lipinski definition) is 4. The number of hydrogen-bond donors (Lipinski definition) is 1. The van der Waals surface area contributed by atoms with Gasteiger partial charge in [-0.3, -0.25) is 14.5 Å². The molecule has 0 aromatic rings. The normalized spacial score (nSPS) is 19.3. The quantitative estimate of drug-likeness (QED) is 0.454. The number of carbonyl (C=O) groups is 2. The zero-order valence-electron chi connectivity index (χ0n) is 14.9. The van der Waals surface area contributed by atoms with Crippen LogP contribution in [-0.4, -0.2) is 50.0 Å². The summed E-state index contributed by atoms with van der Waals surface area (Å²) in [6.45, 7) is 2.53. The van der Waals surface area contributed by atoms with Crippen molar-refractivity contribution in [3.05, 3.63) is 11.8 Å². The predicted octanol–water partition coefficient (Wildman–Crippen LogP) is 4.92. The van der Waals surface area contributed by atoms with Crippen molar-refractivity contribution in [1.29, 1.82) is 0 Å². The van der Waals surface area contributed by atoms with E-state index in [1.807, 2.05) is 6.92 Å². The molecule has 0 saturated carbocycles. The maximum atomic E-state index is 13.1. The van der Waals surface area contributed by atoms with Gasteiger partial charge in [0.2, 0.25) is 5.91 Å². The van der Waals surface area contributed by atoms with Crippen molar-refractivity contribution in [2.45, 2.75) is 58.7 Å². The molecule has 156 valence electrons. The second kappa shape index (κ2) is 11.0. The molecule has 0 radical (unpaired) electrons. The highest BCUT2D eigenvalue weighted by Crippen LogP contribution is 2.36. The van der Waals surface area contributed by atoms with Crippen LogP contribution in [0.2, 0.25) is 0 Å². The monoisotopic (exact) mass is 500 g/mol. The van der Waals surface area contributed by atoms with Gasteiger partial charge < -0.3 is 10.1 Å². The van der Waals surface area contributed by atoms with Gasteiger partial charge in [0, 0.05) is 6.08 Å². The van der Waals surface area contributed by atoms with Gasteiger partial charge in [0.15, 0.2) is 7.59 Å². The van der Waals surface area contributed by atoms with Gasteiger partial charge in [0.05, 0.1) is 19.2 Å². The van der Waals surface area contributed by atoms with E-state index in [2.05, 4.69) is 5.32 Å². The van der Waals surface area contributed by atoms with E-state index in [-0.39, 0.29) is 25.7 Å². The molecule has 0 bridgehead atoms. The molecule has 1 heterocycles. The number of nitrogens with one attached hydrogen (secondary N) is 1. The van der Waals surface area contributed by atoms with E-state index >= 15 is 0 Å². The van der Waals surface area contributed by atoms with E-state index in [1.54, 1.807) is 0 Å². The third-order valence-electron chi connectivity index (χ3n) is 3.97. The third-order valence-corrected chi connectivity index (χ3v) is 5.11. The SMILES string of the molecule is CCCNC(CCC(Cl)(Cl)Cl)C(=O)N1C(=O)C=C(OC)C1CCC(Cl)(Cl)Cl. The van der Waals surface area contributed by atoms with Gasteiger partial charge in [-0.2, -0.15) is 0 Å². The summed E-state index contributed by atoms with van der Waals surface area (Å²) in [6.07, 6.45) is 2.85. The Balaban J connectivity index is 2.99. The molecule has 1 rings (SSSR count). The molecule has 27 heavy (non-hydrogen) atoms. The first kappa shape index (κ1) is 25.4. The molecule has 1 N–H and O–H groups in total. The Hall–Kier alpha value is 0.380. The van der Waals surface area contributed by atoms with Crippen LogP contribution in [0.15, 0.2) is 11.8 Å². The minimum Gasteiger partial charge on any atom is -0.499 e. The van der Waals surface area contributed by atoms with Gasteiger partial charge in [-0.25, -0.2) is 0 Å². The first-order valence-corrected chi connectivity index (χ1v) is 10.7. The molecule has 2 unspecified atom stereocenters. The molecule has 1 aliphatic rings. The molecule has 2 amide bonds. The molecule has 0 spiro atoms. The Bertz CT molecular complexity index is 559. The zero-order valence-corrected chi connectivity index (χ0v) is 19.5. The van der Waals surface area contributed by atoms with Crippen molar-refractivity contribution in [2.75, 3.05) is 13.7 Å². The van der Waals surface area contributed by atoms with Crippen LogP contribution in [0, 0.1) is 0 Å². The molecule has 0 aromatic carbocycles. The lowest BCUT2D eigenvalue weighted by Crippen LogP contribution is -2.51. The Kier molecular flexibility index (Phi) is 10.3. The van der Waals surface area contributed by atoms with Crippen LogP contribution in [0.3, 0.4) is 0 Å². The summed E-state index contributed by atoms with van der Waals surface area (Å²) >= 11 is 34.9. The van der Waals surface area contributed by atoms with Crippen LogP contribution in [0.4, 0.5) is 0 Å². The van der Waals surface area contributed by atoms with Gasteiger partial charge >= 0.3 is 0 Å². The molecule has 0 aromatic heterocycles. The molecule has 0 saturated heterocycles. The van der Waals surface area contributed by atoms with Crippen LogP contribution in [0.1, 0.15) is 39.0 Å². The summed E-state index contributed by atoms with van der Waals surface area (Å²) in [4.78, 5) is 26.7. The predicted molar refractivity (Wildman–Crippen MR) is 112 cm³/mol. The number of alkyl halides is 6. The lowest BCUT2D eigenvalue weighted by atomic mass is 10.1. The number of methoxy groups -OCH3 is 1. The second-order valence-corrected chi connectivity index (χ2v) is 11.2. The summed E-state index contributed by atoms with van der Waals surface area (Å²) < 4.78 is 2.25. The molecule has 0 aliphatic carbocycles. The van der Waals surface area contributed by atoms with E-state index in [4.69, 9.17) is 74.3 Å². The van der Waals surface area contributed by atoms with E-state index < -0.39 is 31.5 Å². The van der Waals surface area contributed by atoms with Crippen LogP contribution >= 0.6 is 69.6 Å². The zero-order chi connectivity index (χ0) is 20.8.